The number of rotatable bonds is 5. The lowest BCUT2D eigenvalue weighted by Crippen LogP contribution is -2.32. The van der Waals surface area contributed by atoms with Crippen LogP contribution in [0.15, 0.2) is 82.1 Å². The Labute approximate surface area is 203 Å². The third-order valence-electron chi connectivity index (χ3n) is 5.81. The summed E-state index contributed by atoms with van der Waals surface area (Å²) in [4.78, 5) is 15.2. The van der Waals surface area contributed by atoms with Gasteiger partial charge in [0.15, 0.2) is 5.84 Å². The van der Waals surface area contributed by atoms with Crippen LogP contribution in [0.25, 0.3) is 0 Å². The van der Waals surface area contributed by atoms with Gasteiger partial charge in [0.1, 0.15) is 4.90 Å². The van der Waals surface area contributed by atoms with Crippen LogP contribution in [0.1, 0.15) is 21.5 Å². The van der Waals surface area contributed by atoms with Gasteiger partial charge in [-0.15, -0.1) is 4.40 Å². The zero-order valence-electron chi connectivity index (χ0n) is 18.4. The van der Waals surface area contributed by atoms with Gasteiger partial charge in [-0.05, 0) is 54.1 Å². The molecule has 7 nitrogen and oxygen atoms in total. The van der Waals surface area contributed by atoms with Gasteiger partial charge in [-0.1, -0.05) is 24.3 Å². The van der Waals surface area contributed by atoms with Crippen LogP contribution in [-0.2, 0) is 16.6 Å². The summed E-state index contributed by atoms with van der Waals surface area (Å²) in [5, 5.41) is 5.99. The van der Waals surface area contributed by atoms with Crippen LogP contribution in [-0.4, -0.2) is 44.8 Å². The first-order valence-corrected chi connectivity index (χ1v) is 13.6. The molecule has 2 N–H and O–H groups in total. The first-order valence-electron chi connectivity index (χ1n) is 11.0. The highest BCUT2D eigenvalue weighted by atomic mass is 32.2. The Kier molecular flexibility index (Phi) is 6.30. The predicted molar refractivity (Wildman–Crippen MR) is 137 cm³/mol. The molecule has 5 rings (SSSR count). The second kappa shape index (κ2) is 9.52. The second-order valence-electron chi connectivity index (χ2n) is 8.06. The van der Waals surface area contributed by atoms with Gasteiger partial charge >= 0.3 is 0 Å². The van der Waals surface area contributed by atoms with Gasteiger partial charge in [0.2, 0.25) is 0 Å². The quantitative estimate of drug-likeness (QED) is 0.564. The Balaban J connectivity index is 1.18. The summed E-state index contributed by atoms with van der Waals surface area (Å²) in [7, 11) is -3.68. The Morgan fingerprint density at radius 3 is 2.38 bits per heavy atom. The summed E-state index contributed by atoms with van der Waals surface area (Å²) in [5.74, 6) is 2.42. The molecule has 1 saturated heterocycles. The van der Waals surface area contributed by atoms with E-state index < -0.39 is 10.0 Å². The molecular formula is C25H24N4O3S2. The highest BCUT2D eigenvalue weighted by molar-refractivity contribution is 7.99. The summed E-state index contributed by atoms with van der Waals surface area (Å²) in [6.07, 6.45) is 0. The van der Waals surface area contributed by atoms with Crippen molar-refractivity contribution in [1.82, 2.24) is 5.32 Å². The molecule has 0 atom stereocenters. The van der Waals surface area contributed by atoms with E-state index in [1.807, 2.05) is 11.8 Å². The lowest BCUT2D eigenvalue weighted by Gasteiger charge is -2.28. The van der Waals surface area contributed by atoms with Gasteiger partial charge in [-0.25, -0.2) is 0 Å². The lowest BCUT2D eigenvalue weighted by atomic mass is 10.1. The maximum Gasteiger partial charge on any atom is 0.285 e. The molecule has 2 aliphatic rings. The maximum atomic E-state index is 12.6. The zero-order valence-corrected chi connectivity index (χ0v) is 20.0. The molecule has 0 radical (unpaired) electrons. The molecule has 9 heteroatoms. The number of anilines is 2. The summed E-state index contributed by atoms with van der Waals surface area (Å²) in [6.45, 7) is 2.59. The van der Waals surface area contributed by atoms with Crippen molar-refractivity contribution in [1.29, 1.82) is 0 Å². The molecule has 34 heavy (non-hydrogen) atoms. The number of hydrogen-bond acceptors (Lipinski definition) is 6. The van der Waals surface area contributed by atoms with Crippen LogP contribution in [0.3, 0.4) is 0 Å². The standard InChI is InChI=1S/C25H24N4O3S2/c30-25(26-17-18-5-11-21(12-6-18)29-13-15-33-16-14-29)19-7-9-20(10-8-19)27-24-22-3-1-2-4-23(22)34(31,32)28-24/h1-12H,13-17H2,(H,26,30)(H,27,28). The molecule has 0 saturated carbocycles. The van der Waals surface area contributed by atoms with Crippen molar-refractivity contribution >= 4 is 44.9 Å². The van der Waals surface area contributed by atoms with Crippen LogP contribution in [0, 0.1) is 0 Å². The Hall–Kier alpha value is -3.30. The summed E-state index contributed by atoms with van der Waals surface area (Å²) >= 11 is 1.99. The van der Waals surface area contributed by atoms with Crippen molar-refractivity contribution in [2.75, 3.05) is 34.8 Å². The van der Waals surface area contributed by atoms with Crippen LogP contribution in [0.4, 0.5) is 11.4 Å². The van der Waals surface area contributed by atoms with Crippen molar-refractivity contribution < 1.29 is 13.2 Å². The molecule has 1 amide bonds. The fourth-order valence-corrected chi connectivity index (χ4v) is 6.05. The maximum absolute atomic E-state index is 12.6. The van der Waals surface area contributed by atoms with Crippen LogP contribution >= 0.6 is 11.8 Å². The van der Waals surface area contributed by atoms with Gasteiger partial charge in [0.25, 0.3) is 15.9 Å². The second-order valence-corrected chi connectivity index (χ2v) is 10.9. The highest BCUT2D eigenvalue weighted by Crippen LogP contribution is 2.27. The molecule has 174 valence electrons. The predicted octanol–water partition coefficient (Wildman–Crippen LogP) is 3.73. The normalized spacial score (nSPS) is 16.5. The Bertz CT molecular complexity index is 1330. The van der Waals surface area contributed by atoms with E-state index in [4.69, 9.17) is 0 Å². The number of hydrogen-bond donors (Lipinski definition) is 2. The van der Waals surface area contributed by atoms with E-state index >= 15 is 0 Å². The molecule has 3 aromatic carbocycles. The van der Waals surface area contributed by atoms with Gasteiger partial charge in [0, 0.05) is 53.6 Å². The van der Waals surface area contributed by atoms with Crippen molar-refractivity contribution in [3.63, 3.8) is 0 Å². The third-order valence-corrected chi connectivity index (χ3v) is 8.08. The first-order chi connectivity index (χ1) is 16.5. The van der Waals surface area contributed by atoms with Gasteiger partial charge < -0.3 is 15.5 Å². The largest absolute Gasteiger partial charge is 0.370 e. The SMILES string of the molecule is O=C(NCc1ccc(N2CCSCC2)cc1)c1ccc(NC2=NS(=O)(=O)c3ccccc32)cc1. The van der Waals surface area contributed by atoms with Crippen LogP contribution in [0.2, 0.25) is 0 Å². The number of carbonyl (C=O) groups is 1. The molecule has 0 spiro atoms. The smallest absolute Gasteiger partial charge is 0.285 e. The minimum Gasteiger partial charge on any atom is -0.370 e. The number of nitrogens with zero attached hydrogens (tertiary/aromatic N) is 2. The van der Waals surface area contributed by atoms with E-state index in [0.717, 1.165) is 30.2 Å². The highest BCUT2D eigenvalue weighted by Gasteiger charge is 2.28. The molecule has 0 bridgehead atoms. The molecule has 1 fully saturated rings. The number of sulfonamides is 1. The van der Waals surface area contributed by atoms with Gasteiger partial charge in [0.05, 0.1) is 0 Å². The van der Waals surface area contributed by atoms with E-state index in [-0.39, 0.29) is 16.6 Å². The van der Waals surface area contributed by atoms with Crippen LogP contribution in [0.5, 0.6) is 0 Å². The molecular weight excluding hydrogens is 468 g/mol. The zero-order chi connectivity index (χ0) is 23.5. The monoisotopic (exact) mass is 492 g/mol. The van der Waals surface area contributed by atoms with E-state index in [9.17, 15) is 13.2 Å². The average molecular weight is 493 g/mol. The van der Waals surface area contributed by atoms with Crippen LogP contribution < -0.4 is 15.5 Å². The number of amidine groups is 1. The minimum atomic E-state index is -3.68. The fourth-order valence-electron chi connectivity index (χ4n) is 3.97. The fraction of sp³-hybridized carbons (Fsp3) is 0.200. The summed E-state index contributed by atoms with van der Waals surface area (Å²) < 4.78 is 28.2. The number of amides is 1. The minimum absolute atomic E-state index is 0.171. The Morgan fingerprint density at radius 2 is 1.65 bits per heavy atom. The van der Waals surface area contributed by atoms with E-state index in [1.165, 1.54) is 11.8 Å². The number of thioether (sulfide) groups is 1. The third kappa shape index (κ3) is 4.80. The van der Waals surface area contributed by atoms with Crippen molar-refractivity contribution in [2.45, 2.75) is 11.4 Å². The summed E-state index contributed by atoms with van der Waals surface area (Å²) in [5.41, 5.74) is 3.97. The number of benzene rings is 3. The Morgan fingerprint density at radius 1 is 0.941 bits per heavy atom. The first kappa shape index (κ1) is 22.5. The topological polar surface area (TPSA) is 90.9 Å². The van der Waals surface area contributed by atoms with Gasteiger partial charge in [-0.3, -0.25) is 4.79 Å². The lowest BCUT2D eigenvalue weighted by molar-refractivity contribution is 0.0951. The van der Waals surface area contributed by atoms with E-state index in [1.54, 1.807) is 42.5 Å². The van der Waals surface area contributed by atoms with Crippen molar-refractivity contribution in [3.05, 3.63) is 89.5 Å². The number of fused-ring (bicyclic) bond motifs is 1. The molecule has 0 aliphatic carbocycles. The molecule has 0 unspecified atom stereocenters. The molecule has 2 heterocycles. The molecule has 3 aromatic rings. The van der Waals surface area contributed by atoms with E-state index in [0.29, 0.717) is 23.4 Å². The van der Waals surface area contributed by atoms with Crippen molar-refractivity contribution in [3.8, 4) is 0 Å². The van der Waals surface area contributed by atoms with Crippen molar-refractivity contribution in [2.24, 2.45) is 4.40 Å². The van der Waals surface area contributed by atoms with Gasteiger partial charge in [-0.2, -0.15) is 20.2 Å². The molecule has 0 aromatic heterocycles. The number of nitrogens with one attached hydrogen (secondary N) is 2. The summed E-state index contributed by atoms with van der Waals surface area (Å²) in [6, 6.07) is 21.9. The van der Waals surface area contributed by atoms with E-state index in [2.05, 4.69) is 44.2 Å². The number of carbonyl (C=O) groups excluding carboxylic acids is 1. The average Bonchev–Trinajstić information content (AvgIpc) is 3.13. The molecule has 2 aliphatic heterocycles.